The minimum absolute atomic E-state index is 0.0978. The van der Waals surface area contributed by atoms with Gasteiger partial charge in [0.05, 0.1) is 22.5 Å². The van der Waals surface area contributed by atoms with Crippen molar-refractivity contribution in [1.29, 1.82) is 0 Å². The first-order valence-electron chi connectivity index (χ1n) is 6.08. The molecule has 2 amide bonds. The molecule has 1 unspecified atom stereocenters. The van der Waals surface area contributed by atoms with Crippen molar-refractivity contribution in [3.63, 3.8) is 0 Å². The summed E-state index contributed by atoms with van der Waals surface area (Å²) in [5.41, 5.74) is 0.505. The van der Waals surface area contributed by atoms with Crippen LogP contribution in [0.3, 0.4) is 0 Å². The quantitative estimate of drug-likeness (QED) is 0.824. The van der Waals surface area contributed by atoms with Gasteiger partial charge in [-0.15, -0.1) is 23.2 Å². The van der Waals surface area contributed by atoms with Gasteiger partial charge in [-0.1, -0.05) is 23.2 Å². The molecule has 8 heteroatoms. The minimum atomic E-state index is -0.995. The Morgan fingerprint density at radius 2 is 1.95 bits per heavy atom. The second-order valence-corrected chi connectivity index (χ2v) is 7.25. The molecule has 0 aliphatic heterocycles. The average molecular weight is 370 g/mol. The normalized spacial score (nSPS) is 19.0. The number of nitrogens with one attached hydrogen (secondary N) is 1. The molecule has 1 saturated carbocycles. The minimum Gasteiger partial charge on any atom is -0.336 e. The zero-order valence-electron chi connectivity index (χ0n) is 11.0. The van der Waals surface area contributed by atoms with Gasteiger partial charge in [0.25, 0.3) is 0 Å². The zero-order chi connectivity index (χ0) is 15.8. The summed E-state index contributed by atoms with van der Waals surface area (Å²) < 4.78 is -0.995. The highest BCUT2D eigenvalue weighted by molar-refractivity contribution is 6.52. The molecule has 4 nitrogen and oxygen atoms in total. The molecule has 114 valence electrons. The number of amides is 2. The van der Waals surface area contributed by atoms with Crippen LogP contribution in [0.2, 0.25) is 10.0 Å². The van der Waals surface area contributed by atoms with E-state index in [4.69, 9.17) is 46.4 Å². The highest BCUT2D eigenvalue weighted by Gasteiger charge is 2.57. The summed E-state index contributed by atoms with van der Waals surface area (Å²) in [6, 6.07) is 4.73. The number of halogens is 4. The van der Waals surface area contributed by atoms with E-state index in [9.17, 15) is 9.59 Å². The molecule has 1 N–H and O–H groups in total. The SMILES string of the molecule is CN(CC(=O)Nc1ccc(Cl)c(Cl)c1)C(=O)C1CC1(Cl)Cl. The van der Waals surface area contributed by atoms with Gasteiger partial charge in [0.2, 0.25) is 11.8 Å². The van der Waals surface area contributed by atoms with E-state index in [-0.39, 0.29) is 18.4 Å². The second kappa shape index (κ2) is 6.21. The molecule has 1 aliphatic rings. The molecule has 1 aromatic carbocycles. The van der Waals surface area contributed by atoms with Crippen LogP contribution < -0.4 is 5.32 Å². The smallest absolute Gasteiger partial charge is 0.243 e. The number of nitrogens with zero attached hydrogens (tertiary/aromatic N) is 1. The first kappa shape index (κ1) is 16.7. The van der Waals surface area contributed by atoms with E-state index in [2.05, 4.69) is 5.32 Å². The monoisotopic (exact) mass is 368 g/mol. The van der Waals surface area contributed by atoms with Crippen LogP contribution in [0.25, 0.3) is 0 Å². The van der Waals surface area contributed by atoms with Crippen LogP contribution in [0.1, 0.15) is 6.42 Å². The van der Waals surface area contributed by atoms with Gasteiger partial charge < -0.3 is 10.2 Å². The Balaban J connectivity index is 1.89. The molecule has 21 heavy (non-hydrogen) atoms. The standard InChI is InChI=1S/C13H12Cl4N2O2/c1-19(12(21)8-5-13(8,16)17)6-11(20)18-7-2-3-9(14)10(15)4-7/h2-4,8H,5-6H2,1H3,(H,18,20). The van der Waals surface area contributed by atoms with Gasteiger partial charge in [0.1, 0.15) is 4.33 Å². The van der Waals surface area contributed by atoms with Gasteiger partial charge in [0.15, 0.2) is 0 Å². The van der Waals surface area contributed by atoms with E-state index in [0.717, 1.165) is 0 Å². The van der Waals surface area contributed by atoms with Gasteiger partial charge >= 0.3 is 0 Å². The molecule has 0 saturated heterocycles. The van der Waals surface area contributed by atoms with Crippen LogP contribution >= 0.6 is 46.4 Å². The van der Waals surface area contributed by atoms with Gasteiger partial charge in [-0.05, 0) is 24.6 Å². The van der Waals surface area contributed by atoms with Crippen LogP contribution in [0, 0.1) is 5.92 Å². The Labute approximate surface area is 142 Å². The second-order valence-electron chi connectivity index (χ2n) is 4.89. The number of hydrogen-bond donors (Lipinski definition) is 1. The third-order valence-electron chi connectivity index (χ3n) is 3.08. The fourth-order valence-corrected chi connectivity index (χ4v) is 2.61. The molecular formula is C13H12Cl4N2O2. The maximum absolute atomic E-state index is 11.9. The first-order chi connectivity index (χ1) is 9.70. The van der Waals surface area contributed by atoms with Crippen molar-refractivity contribution in [2.45, 2.75) is 10.8 Å². The van der Waals surface area contributed by atoms with Crippen molar-refractivity contribution in [2.75, 3.05) is 18.9 Å². The van der Waals surface area contributed by atoms with Gasteiger partial charge in [0, 0.05) is 12.7 Å². The Hall–Kier alpha value is -0.680. The molecule has 0 bridgehead atoms. The lowest BCUT2D eigenvalue weighted by atomic mass is 10.3. The molecule has 0 aromatic heterocycles. The molecule has 0 spiro atoms. The van der Waals surface area contributed by atoms with Crippen LogP contribution in [-0.2, 0) is 9.59 Å². The molecule has 1 atom stereocenters. The summed E-state index contributed by atoms with van der Waals surface area (Å²) in [6.07, 6.45) is 0.410. The van der Waals surface area contributed by atoms with Crippen LogP contribution in [0.4, 0.5) is 5.69 Å². The van der Waals surface area contributed by atoms with Crippen molar-refractivity contribution in [2.24, 2.45) is 5.92 Å². The fraction of sp³-hybridized carbons (Fsp3) is 0.385. The lowest BCUT2D eigenvalue weighted by molar-refractivity contribution is -0.134. The largest absolute Gasteiger partial charge is 0.336 e. The number of carbonyl (C=O) groups is 2. The number of rotatable bonds is 4. The number of carbonyl (C=O) groups excluding carboxylic acids is 2. The van der Waals surface area contributed by atoms with Gasteiger partial charge in [-0.3, -0.25) is 9.59 Å². The molecule has 2 rings (SSSR count). The number of anilines is 1. The van der Waals surface area contributed by atoms with Crippen molar-refractivity contribution >= 4 is 63.9 Å². The molecule has 0 heterocycles. The number of hydrogen-bond acceptors (Lipinski definition) is 2. The van der Waals surface area contributed by atoms with Crippen LogP contribution in [0.5, 0.6) is 0 Å². The maximum Gasteiger partial charge on any atom is 0.243 e. The Morgan fingerprint density at radius 3 is 2.48 bits per heavy atom. The van der Waals surface area contributed by atoms with Crippen molar-refractivity contribution in [3.8, 4) is 0 Å². The summed E-state index contributed by atoms with van der Waals surface area (Å²) in [6.45, 7) is -0.0978. The van der Waals surface area contributed by atoms with E-state index < -0.39 is 10.3 Å². The predicted molar refractivity (Wildman–Crippen MR) is 85.3 cm³/mol. The van der Waals surface area contributed by atoms with Gasteiger partial charge in [-0.2, -0.15) is 0 Å². The lowest BCUT2D eigenvalue weighted by Gasteiger charge is -2.17. The van der Waals surface area contributed by atoms with Crippen LogP contribution in [0.15, 0.2) is 18.2 Å². The highest BCUT2D eigenvalue weighted by atomic mass is 35.5. The van der Waals surface area contributed by atoms with E-state index in [0.29, 0.717) is 22.2 Å². The Bertz CT molecular complexity index is 592. The summed E-state index contributed by atoms with van der Waals surface area (Å²) in [7, 11) is 1.53. The highest BCUT2D eigenvalue weighted by Crippen LogP contribution is 2.53. The number of benzene rings is 1. The Kier molecular flexibility index (Phi) is 4.93. The first-order valence-corrected chi connectivity index (χ1v) is 7.59. The molecule has 1 fully saturated rings. The summed E-state index contributed by atoms with van der Waals surface area (Å²) in [5, 5.41) is 3.37. The van der Waals surface area contributed by atoms with E-state index in [1.54, 1.807) is 12.1 Å². The fourth-order valence-electron chi connectivity index (χ4n) is 1.81. The third-order valence-corrected chi connectivity index (χ3v) is 4.66. The summed E-state index contributed by atoms with van der Waals surface area (Å²) >= 11 is 23.3. The van der Waals surface area contributed by atoms with Crippen molar-refractivity contribution in [1.82, 2.24) is 4.90 Å². The molecule has 1 aromatic rings. The van der Waals surface area contributed by atoms with Crippen molar-refractivity contribution < 1.29 is 9.59 Å². The van der Waals surface area contributed by atoms with E-state index in [1.165, 1.54) is 18.0 Å². The molecule has 1 aliphatic carbocycles. The number of alkyl halides is 2. The summed E-state index contributed by atoms with van der Waals surface area (Å²) in [5.74, 6) is -1.03. The van der Waals surface area contributed by atoms with Gasteiger partial charge in [-0.25, -0.2) is 0 Å². The summed E-state index contributed by atoms with van der Waals surface area (Å²) in [4.78, 5) is 25.1. The Morgan fingerprint density at radius 1 is 1.33 bits per heavy atom. The maximum atomic E-state index is 11.9. The lowest BCUT2D eigenvalue weighted by Crippen LogP contribution is -2.36. The zero-order valence-corrected chi connectivity index (χ0v) is 14.0. The number of likely N-dealkylation sites (N-methyl/N-ethyl adjacent to an activating group) is 1. The van der Waals surface area contributed by atoms with Crippen molar-refractivity contribution in [3.05, 3.63) is 28.2 Å². The molecule has 0 radical (unpaired) electrons. The van der Waals surface area contributed by atoms with Crippen LogP contribution in [-0.4, -0.2) is 34.6 Å². The third kappa shape index (κ3) is 4.16. The predicted octanol–water partition coefficient (Wildman–Crippen LogP) is 3.58. The molecular weight excluding hydrogens is 358 g/mol. The average Bonchev–Trinajstić information content (AvgIpc) is 3.02. The topological polar surface area (TPSA) is 49.4 Å². The van der Waals surface area contributed by atoms with E-state index >= 15 is 0 Å². The van der Waals surface area contributed by atoms with E-state index in [1.807, 2.05) is 0 Å².